The third-order valence-electron chi connectivity index (χ3n) is 3.63. The van der Waals surface area contributed by atoms with Gasteiger partial charge in [0.15, 0.2) is 0 Å². The molecule has 0 aliphatic rings. The molecule has 2 N–H and O–H groups in total. The van der Waals surface area contributed by atoms with Gasteiger partial charge in [-0.3, -0.25) is 14.6 Å². The minimum atomic E-state index is -4.48. The average Bonchev–Trinajstić information content (AvgIpc) is 2.60. The van der Waals surface area contributed by atoms with Gasteiger partial charge in [-0.2, -0.15) is 18.4 Å². The first-order chi connectivity index (χ1) is 12.6. The normalized spacial score (nSPS) is 12.1. The quantitative estimate of drug-likeness (QED) is 0.830. The highest BCUT2D eigenvalue weighted by molar-refractivity contribution is 5.92. The summed E-state index contributed by atoms with van der Waals surface area (Å²) in [6.07, 6.45) is -4.65. The Morgan fingerprint density at radius 2 is 1.96 bits per heavy atom. The lowest BCUT2D eigenvalue weighted by molar-refractivity contribution is -0.137. The highest BCUT2D eigenvalue weighted by atomic mass is 19.4. The molecule has 0 bridgehead atoms. The zero-order chi connectivity index (χ0) is 20.2. The minimum Gasteiger partial charge on any atom is -0.348 e. The van der Waals surface area contributed by atoms with Crippen LogP contribution in [0.1, 0.15) is 34.1 Å². The summed E-state index contributed by atoms with van der Waals surface area (Å²) in [7, 11) is 3.25. The zero-order valence-electron chi connectivity index (χ0n) is 14.5. The Bertz CT molecular complexity index is 914. The Morgan fingerprint density at radius 3 is 2.48 bits per heavy atom. The molecule has 0 aliphatic heterocycles. The molecule has 2 aromatic rings. The molecular formula is C17H16F3N5O2. The van der Waals surface area contributed by atoms with Crippen LogP contribution in [0.25, 0.3) is 0 Å². The number of halogens is 3. The standard InChI is InChI=1S/C17H16F3N5O2/c1-25(2)16-23-13(9-14(26)24-16)15(27)22-12(7-8-21)10-3-5-11(6-4-10)17(18,19)20/h3-6,9,12H,7H2,1-2H3,(H,22,27)(H,23,24,26). The number of anilines is 1. The van der Waals surface area contributed by atoms with Crippen LogP contribution in [0.4, 0.5) is 19.1 Å². The third-order valence-corrected chi connectivity index (χ3v) is 3.63. The summed E-state index contributed by atoms with van der Waals surface area (Å²) in [4.78, 5) is 32.1. The van der Waals surface area contributed by atoms with E-state index in [1.807, 2.05) is 6.07 Å². The molecule has 10 heteroatoms. The zero-order valence-corrected chi connectivity index (χ0v) is 14.5. The van der Waals surface area contributed by atoms with Gasteiger partial charge in [0.2, 0.25) is 5.95 Å². The van der Waals surface area contributed by atoms with E-state index in [4.69, 9.17) is 5.26 Å². The molecule has 1 aromatic carbocycles. The van der Waals surface area contributed by atoms with Crippen LogP contribution >= 0.6 is 0 Å². The van der Waals surface area contributed by atoms with Crippen molar-refractivity contribution >= 4 is 11.9 Å². The van der Waals surface area contributed by atoms with Crippen LogP contribution in [0.2, 0.25) is 0 Å². The van der Waals surface area contributed by atoms with Gasteiger partial charge in [-0.1, -0.05) is 12.1 Å². The van der Waals surface area contributed by atoms with Gasteiger partial charge in [0.25, 0.3) is 11.5 Å². The van der Waals surface area contributed by atoms with Crippen molar-refractivity contribution in [3.05, 3.63) is 57.5 Å². The van der Waals surface area contributed by atoms with Crippen LogP contribution in [0.5, 0.6) is 0 Å². The number of nitrogens with zero attached hydrogens (tertiary/aromatic N) is 3. The number of H-pyrrole nitrogens is 1. The molecule has 0 spiro atoms. The van der Waals surface area contributed by atoms with Gasteiger partial charge in [0.1, 0.15) is 5.69 Å². The molecule has 2 rings (SSSR count). The van der Waals surface area contributed by atoms with E-state index in [1.165, 1.54) is 17.0 Å². The van der Waals surface area contributed by atoms with Gasteiger partial charge in [-0.05, 0) is 17.7 Å². The molecule has 1 atom stereocenters. The molecule has 0 saturated heterocycles. The Labute approximate surface area is 152 Å². The number of carbonyl (C=O) groups is 1. The second kappa shape index (κ2) is 7.90. The van der Waals surface area contributed by atoms with E-state index < -0.39 is 29.2 Å². The first kappa shape index (κ1) is 20.0. The van der Waals surface area contributed by atoms with Crippen molar-refractivity contribution in [3.63, 3.8) is 0 Å². The molecule has 0 fully saturated rings. The van der Waals surface area contributed by atoms with Crippen LogP contribution in [0.15, 0.2) is 35.1 Å². The van der Waals surface area contributed by atoms with E-state index in [0.29, 0.717) is 5.56 Å². The highest BCUT2D eigenvalue weighted by Crippen LogP contribution is 2.30. The summed E-state index contributed by atoms with van der Waals surface area (Å²) >= 11 is 0. The fourth-order valence-corrected chi connectivity index (χ4v) is 2.25. The maximum Gasteiger partial charge on any atom is 0.416 e. The van der Waals surface area contributed by atoms with E-state index in [1.54, 1.807) is 14.1 Å². The molecule has 142 valence electrons. The fraction of sp³-hybridized carbons (Fsp3) is 0.294. The number of nitrogens with one attached hydrogen (secondary N) is 2. The van der Waals surface area contributed by atoms with Crippen molar-refractivity contribution in [3.8, 4) is 6.07 Å². The number of nitriles is 1. The predicted molar refractivity (Wildman–Crippen MR) is 91.1 cm³/mol. The molecule has 0 radical (unpaired) electrons. The molecule has 1 unspecified atom stereocenters. The summed E-state index contributed by atoms with van der Waals surface area (Å²) in [6.45, 7) is 0. The van der Waals surface area contributed by atoms with E-state index in [-0.39, 0.29) is 18.1 Å². The van der Waals surface area contributed by atoms with Gasteiger partial charge in [-0.25, -0.2) is 4.98 Å². The van der Waals surface area contributed by atoms with Crippen LogP contribution in [0.3, 0.4) is 0 Å². The minimum absolute atomic E-state index is 0.166. The molecule has 1 heterocycles. The van der Waals surface area contributed by atoms with Gasteiger partial charge >= 0.3 is 6.18 Å². The van der Waals surface area contributed by atoms with Crippen molar-refractivity contribution < 1.29 is 18.0 Å². The number of aromatic nitrogens is 2. The second-order valence-electron chi connectivity index (χ2n) is 5.86. The summed E-state index contributed by atoms with van der Waals surface area (Å²) in [5.41, 5.74) is -1.21. The molecule has 1 aromatic heterocycles. The molecular weight excluding hydrogens is 363 g/mol. The first-order valence-electron chi connectivity index (χ1n) is 7.75. The summed E-state index contributed by atoms with van der Waals surface area (Å²) in [5, 5.41) is 11.5. The molecule has 0 saturated carbocycles. The molecule has 0 aliphatic carbocycles. The van der Waals surface area contributed by atoms with E-state index in [9.17, 15) is 22.8 Å². The number of amides is 1. The van der Waals surface area contributed by atoms with Crippen LogP contribution in [-0.2, 0) is 6.18 Å². The van der Waals surface area contributed by atoms with Gasteiger partial charge in [-0.15, -0.1) is 0 Å². The fourth-order valence-electron chi connectivity index (χ4n) is 2.25. The number of hydrogen-bond acceptors (Lipinski definition) is 5. The van der Waals surface area contributed by atoms with Crippen molar-refractivity contribution in [2.24, 2.45) is 0 Å². The summed E-state index contributed by atoms with van der Waals surface area (Å²) in [5.74, 6) is -0.552. The number of alkyl halides is 3. The Kier molecular flexibility index (Phi) is 5.85. The van der Waals surface area contributed by atoms with E-state index in [2.05, 4.69) is 15.3 Å². The second-order valence-corrected chi connectivity index (χ2v) is 5.86. The van der Waals surface area contributed by atoms with Gasteiger partial charge in [0, 0.05) is 20.2 Å². The Hall–Kier alpha value is -3.35. The maximum absolute atomic E-state index is 12.7. The SMILES string of the molecule is CN(C)c1nc(C(=O)NC(CC#N)c2ccc(C(F)(F)F)cc2)cc(=O)[nH]1. The van der Waals surface area contributed by atoms with Crippen molar-refractivity contribution in [2.45, 2.75) is 18.6 Å². The Morgan fingerprint density at radius 1 is 1.33 bits per heavy atom. The van der Waals surface area contributed by atoms with Crippen LogP contribution in [-0.4, -0.2) is 30.0 Å². The van der Waals surface area contributed by atoms with Crippen LogP contribution in [0, 0.1) is 11.3 Å². The topological polar surface area (TPSA) is 102 Å². The van der Waals surface area contributed by atoms with Crippen LogP contribution < -0.4 is 15.8 Å². The van der Waals surface area contributed by atoms with Crippen molar-refractivity contribution in [1.82, 2.24) is 15.3 Å². The van der Waals surface area contributed by atoms with E-state index in [0.717, 1.165) is 18.2 Å². The smallest absolute Gasteiger partial charge is 0.348 e. The van der Waals surface area contributed by atoms with Gasteiger partial charge < -0.3 is 10.2 Å². The average molecular weight is 379 g/mol. The summed E-state index contributed by atoms with van der Waals surface area (Å²) in [6, 6.07) is 6.17. The first-order valence-corrected chi connectivity index (χ1v) is 7.75. The number of benzene rings is 1. The monoisotopic (exact) mass is 379 g/mol. The molecule has 7 nitrogen and oxygen atoms in total. The largest absolute Gasteiger partial charge is 0.416 e. The molecule has 27 heavy (non-hydrogen) atoms. The van der Waals surface area contributed by atoms with Gasteiger partial charge in [0.05, 0.1) is 24.1 Å². The lowest BCUT2D eigenvalue weighted by atomic mass is 10.0. The lowest BCUT2D eigenvalue weighted by Crippen LogP contribution is -2.31. The summed E-state index contributed by atoms with van der Waals surface area (Å²) < 4.78 is 38.0. The third kappa shape index (κ3) is 5.07. The number of aromatic amines is 1. The number of hydrogen-bond donors (Lipinski definition) is 2. The Balaban J connectivity index is 2.27. The molecule has 1 amide bonds. The number of carbonyl (C=O) groups excluding carboxylic acids is 1. The van der Waals surface area contributed by atoms with Crippen molar-refractivity contribution in [2.75, 3.05) is 19.0 Å². The van der Waals surface area contributed by atoms with E-state index >= 15 is 0 Å². The predicted octanol–water partition coefficient (Wildman–Crippen LogP) is 2.24. The highest BCUT2D eigenvalue weighted by Gasteiger charge is 2.30. The van der Waals surface area contributed by atoms with Crippen molar-refractivity contribution in [1.29, 1.82) is 5.26 Å². The lowest BCUT2D eigenvalue weighted by Gasteiger charge is -2.18. The maximum atomic E-state index is 12.7. The number of rotatable bonds is 5.